The average molecular weight is 434 g/mol. The van der Waals surface area contributed by atoms with Gasteiger partial charge in [0.1, 0.15) is 0 Å². The summed E-state index contributed by atoms with van der Waals surface area (Å²) in [5.74, 6) is 0.231. The van der Waals surface area contributed by atoms with E-state index in [0.29, 0.717) is 24.1 Å². The Labute approximate surface area is 182 Å². The van der Waals surface area contributed by atoms with Crippen LogP contribution in [-0.2, 0) is 22.9 Å². The maximum atomic E-state index is 13.0. The zero-order valence-electron chi connectivity index (χ0n) is 17.2. The van der Waals surface area contributed by atoms with Gasteiger partial charge in [-0.1, -0.05) is 61.5 Å². The maximum absolute atomic E-state index is 13.0. The predicted molar refractivity (Wildman–Crippen MR) is 122 cm³/mol. The number of sulfonamides is 1. The first-order valence-corrected chi connectivity index (χ1v) is 11.6. The Hall–Kier alpha value is -3.45. The van der Waals surface area contributed by atoms with E-state index in [1.807, 2.05) is 55.5 Å². The Balaban J connectivity index is 1.62. The Morgan fingerprint density at radius 2 is 1.45 bits per heavy atom. The lowest BCUT2D eigenvalue weighted by atomic mass is 10.2. The summed E-state index contributed by atoms with van der Waals surface area (Å²) in [6, 6.07) is 24.0. The van der Waals surface area contributed by atoms with Gasteiger partial charge in [-0.05, 0) is 41.8 Å². The van der Waals surface area contributed by atoms with Crippen LogP contribution in [0.2, 0.25) is 0 Å². The molecule has 0 spiro atoms. The fraction of sp³-hybridized carbons (Fsp3) is 0.167. The number of nitrogens with zero attached hydrogens (tertiary/aromatic N) is 2. The molecular weight excluding hydrogens is 410 g/mol. The van der Waals surface area contributed by atoms with Crippen molar-refractivity contribution in [3.63, 3.8) is 0 Å². The third-order valence-electron chi connectivity index (χ3n) is 4.88. The molecule has 6 nitrogen and oxygen atoms in total. The minimum absolute atomic E-state index is 0.0753. The standard InChI is InChI=1S/C24H23N3O3S/c1-2-18-12-14-20(15-13-18)31(28,29)27-23-24(26-22-11-7-6-10-21(22)25-23)30-17-16-19-8-4-3-5-9-19/h3-15H,2,16-17H2,1H3,(H,25,27). The number of ether oxygens (including phenoxy) is 1. The summed E-state index contributed by atoms with van der Waals surface area (Å²) in [6.45, 7) is 2.36. The summed E-state index contributed by atoms with van der Waals surface area (Å²) in [4.78, 5) is 9.13. The number of nitrogens with one attached hydrogen (secondary N) is 1. The summed E-state index contributed by atoms with van der Waals surface area (Å²) in [7, 11) is -3.84. The summed E-state index contributed by atoms with van der Waals surface area (Å²) in [5.41, 5.74) is 3.40. The lowest BCUT2D eigenvalue weighted by molar-refractivity contribution is 0.311. The highest BCUT2D eigenvalue weighted by Crippen LogP contribution is 2.26. The van der Waals surface area contributed by atoms with E-state index in [0.717, 1.165) is 17.5 Å². The molecule has 4 rings (SSSR count). The van der Waals surface area contributed by atoms with Gasteiger partial charge in [0.15, 0.2) is 0 Å². The number of para-hydroxylation sites is 2. The van der Waals surface area contributed by atoms with Crippen LogP contribution in [0.15, 0.2) is 83.8 Å². The largest absolute Gasteiger partial charge is 0.475 e. The number of hydrogen-bond acceptors (Lipinski definition) is 5. The first kappa shape index (κ1) is 20.8. The van der Waals surface area contributed by atoms with Crippen LogP contribution in [-0.4, -0.2) is 25.0 Å². The molecule has 7 heteroatoms. The first-order chi connectivity index (χ1) is 15.0. The van der Waals surface area contributed by atoms with E-state index in [2.05, 4.69) is 14.7 Å². The molecule has 3 aromatic carbocycles. The third kappa shape index (κ3) is 5.00. The Bertz CT molecular complexity index is 1270. The van der Waals surface area contributed by atoms with Gasteiger partial charge in [-0.2, -0.15) is 0 Å². The first-order valence-electron chi connectivity index (χ1n) is 10.1. The zero-order valence-corrected chi connectivity index (χ0v) is 18.0. The van der Waals surface area contributed by atoms with Gasteiger partial charge < -0.3 is 4.74 Å². The van der Waals surface area contributed by atoms with Crippen molar-refractivity contribution in [1.29, 1.82) is 0 Å². The highest BCUT2D eigenvalue weighted by atomic mass is 32.2. The lowest BCUT2D eigenvalue weighted by Gasteiger charge is -2.13. The van der Waals surface area contributed by atoms with E-state index < -0.39 is 10.0 Å². The van der Waals surface area contributed by atoms with Gasteiger partial charge in [0, 0.05) is 6.42 Å². The lowest BCUT2D eigenvalue weighted by Crippen LogP contribution is -2.16. The predicted octanol–water partition coefficient (Wildman–Crippen LogP) is 4.61. The molecule has 0 radical (unpaired) electrons. The normalized spacial score (nSPS) is 11.4. The number of rotatable bonds is 8. The van der Waals surface area contributed by atoms with Crippen molar-refractivity contribution in [2.24, 2.45) is 0 Å². The molecule has 158 valence electrons. The monoisotopic (exact) mass is 433 g/mol. The molecular formula is C24H23N3O3S. The number of benzene rings is 3. The highest BCUT2D eigenvalue weighted by molar-refractivity contribution is 7.92. The molecule has 31 heavy (non-hydrogen) atoms. The van der Waals surface area contributed by atoms with Gasteiger partial charge in [-0.3, -0.25) is 4.72 Å². The van der Waals surface area contributed by atoms with Crippen LogP contribution in [0, 0.1) is 0 Å². The van der Waals surface area contributed by atoms with Crippen LogP contribution >= 0.6 is 0 Å². The van der Waals surface area contributed by atoms with E-state index in [1.54, 1.807) is 30.3 Å². The fourth-order valence-electron chi connectivity index (χ4n) is 3.15. The molecule has 0 amide bonds. The van der Waals surface area contributed by atoms with Gasteiger partial charge in [0.05, 0.1) is 22.5 Å². The number of anilines is 1. The van der Waals surface area contributed by atoms with Crippen molar-refractivity contribution in [3.8, 4) is 5.88 Å². The van der Waals surface area contributed by atoms with E-state index >= 15 is 0 Å². The minimum atomic E-state index is -3.84. The smallest absolute Gasteiger partial charge is 0.263 e. The van der Waals surface area contributed by atoms with Crippen molar-refractivity contribution >= 4 is 26.9 Å². The summed E-state index contributed by atoms with van der Waals surface area (Å²) < 4.78 is 34.3. The minimum Gasteiger partial charge on any atom is -0.475 e. The topological polar surface area (TPSA) is 81.2 Å². The molecule has 0 unspecified atom stereocenters. The molecule has 1 N–H and O–H groups in total. The average Bonchev–Trinajstić information content (AvgIpc) is 2.80. The molecule has 0 aliphatic carbocycles. The van der Waals surface area contributed by atoms with Gasteiger partial charge in [-0.15, -0.1) is 0 Å². The van der Waals surface area contributed by atoms with Crippen molar-refractivity contribution < 1.29 is 13.2 Å². The Morgan fingerprint density at radius 3 is 2.13 bits per heavy atom. The van der Waals surface area contributed by atoms with Gasteiger partial charge in [0.25, 0.3) is 15.9 Å². The number of hydrogen-bond donors (Lipinski definition) is 1. The molecule has 0 bridgehead atoms. The van der Waals surface area contributed by atoms with Crippen LogP contribution in [0.5, 0.6) is 5.88 Å². The molecule has 0 saturated carbocycles. The number of aromatic nitrogens is 2. The molecule has 4 aromatic rings. The quantitative estimate of drug-likeness (QED) is 0.439. The Kier molecular flexibility index (Phi) is 6.13. The second kappa shape index (κ2) is 9.14. The van der Waals surface area contributed by atoms with Gasteiger partial charge in [-0.25, -0.2) is 18.4 Å². The van der Waals surface area contributed by atoms with E-state index in [4.69, 9.17) is 4.74 Å². The molecule has 1 aromatic heterocycles. The molecule has 0 saturated heterocycles. The van der Waals surface area contributed by atoms with Crippen LogP contribution in [0.25, 0.3) is 11.0 Å². The summed E-state index contributed by atoms with van der Waals surface area (Å²) in [6.07, 6.45) is 1.50. The molecule has 0 fully saturated rings. The van der Waals surface area contributed by atoms with Crippen LogP contribution < -0.4 is 9.46 Å². The molecule has 0 atom stereocenters. The summed E-state index contributed by atoms with van der Waals surface area (Å²) in [5, 5.41) is 0. The molecule has 0 aliphatic rings. The maximum Gasteiger partial charge on any atom is 0.263 e. The van der Waals surface area contributed by atoms with Crippen molar-refractivity contribution in [1.82, 2.24) is 9.97 Å². The molecule has 1 heterocycles. The zero-order chi connectivity index (χ0) is 21.7. The van der Waals surface area contributed by atoms with Crippen LogP contribution in [0.3, 0.4) is 0 Å². The number of aryl methyl sites for hydroxylation is 1. The van der Waals surface area contributed by atoms with Crippen molar-refractivity contribution in [3.05, 3.63) is 90.0 Å². The van der Waals surface area contributed by atoms with Gasteiger partial charge >= 0.3 is 0 Å². The van der Waals surface area contributed by atoms with E-state index in [1.165, 1.54) is 0 Å². The number of fused-ring (bicyclic) bond motifs is 1. The fourth-order valence-corrected chi connectivity index (χ4v) is 4.15. The summed E-state index contributed by atoms with van der Waals surface area (Å²) >= 11 is 0. The molecule has 0 aliphatic heterocycles. The van der Waals surface area contributed by atoms with Crippen molar-refractivity contribution in [2.45, 2.75) is 24.7 Å². The van der Waals surface area contributed by atoms with Crippen molar-refractivity contribution in [2.75, 3.05) is 11.3 Å². The Morgan fingerprint density at radius 1 is 0.806 bits per heavy atom. The third-order valence-corrected chi connectivity index (χ3v) is 6.24. The second-order valence-corrected chi connectivity index (χ2v) is 8.74. The SMILES string of the molecule is CCc1ccc(S(=O)(=O)Nc2nc3ccccc3nc2OCCc2ccccc2)cc1. The van der Waals surface area contributed by atoms with E-state index in [-0.39, 0.29) is 16.6 Å². The van der Waals surface area contributed by atoms with Crippen LogP contribution in [0.1, 0.15) is 18.1 Å². The van der Waals surface area contributed by atoms with Gasteiger partial charge in [0.2, 0.25) is 5.82 Å². The van der Waals surface area contributed by atoms with E-state index in [9.17, 15) is 8.42 Å². The van der Waals surface area contributed by atoms with Crippen LogP contribution in [0.4, 0.5) is 5.82 Å². The second-order valence-electron chi connectivity index (χ2n) is 7.05. The highest BCUT2D eigenvalue weighted by Gasteiger charge is 2.19.